The van der Waals surface area contributed by atoms with Gasteiger partial charge < -0.3 is 15.2 Å². The quantitative estimate of drug-likeness (QED) is 0.862. The van der Waals surface area contributed by atoms with Crippen LogP contribution in [0, 0.1) is 5.92 Å². The zero-order chi connectivity index (χ0) is 16.1. The first kappa shape index (κ1) is 16.3. The lowest BCUT2D eigenvalue weighted by Crippen LogP contribution is -2.32. The van der Waals surface area contributed by atoms with Crippen molar-refractivity contribution in [2.75, 3.05) is 20.3 Å². The maximum Gasteiger partial charge on any atom is 0.227 e. The van der Waals surface area contributed by atoms with Crippen molar-refractivity contribution in [1.82, 2.24) is 5.32 Å². The van der Waals surface area contributed by atoms with Crippen molar-refractivity contribution in [3.8, 4) is 5.75 Å². The molecule has 2 atom stereocenters. The minimum atomic E-state index is -0.225. The van der Waals surface area contributed by atoms with E-state index in [0.717, 1.165) is 22.1 Å². The highest BCUT2D eigenvalue weighted by molar-refractivity contribution is 5.88. The molecule has 2 aromatic rings. The van der Waals surface area contributed by atoms with Crippen molar-refractivity contribution in [2.24, 2.45) is 5.92 Å². The molecule has 1 unspecified atom stereocenters. The van der Waals surface area contributed by atoms with Crippen LogP contribution >= 0.6 is 0 Å². The summed E-state index contributed by atoms with van der Waals surface area (Å²) < 4.78 is 5.22. The first-order valence-electron chi connectivity index (χ1n) is 7.51. The van der Waals surface area contributed by atoms with Gasteiger partial charge in [0.15, 0.2) is 0 Å². The summed E-state index contributed by atoms with van der Waals surface area (Å²) in [5.41, 5.74) is 0.979. The SMILES string of the molecule is COc1ccc2cc([C@H](C)C(=O)NCC(C)CO)ccc2c1. The summed E-state index contributed by atoms with van der Waals surface area (Å²) in [4.78, 5) is 12.2. The number of aliphatic hydroxyl groups is 1. The molecule has 4 nitrogen and oxygen atoms in total. The largest absolute Gasteiger partial charge is 0.497 e. The fourth-order valence-electron chi connectivity index (χ4n) is 2.28. The summed E-state index contributed by atoms with van der Waals surface area (Å²) in [6.45, 7) is 4.36. The van der Waals surface area contributed by atoms with Crippen LogP contribution in [-0.2, 0) is 4.79 Å². The molecule has 2 aromatic carbocycles. The number of carbonyl (C=O) groups is 1. The highest BCUT2D eigenvalue weighted by atomic mass is 16.5. The van der Waals surface area contributed by atoms with E-state index in [-0.39, 0.29) is 24.3 Å². The predicted molar refractivity (Wildman–Crippen MR) is 88.2 cm³/mol. The number of hydrogen-bond acceptors (Lipinski definition) is 3. The fourth-order valence-corrected chi connectivity index (χ4v) is 2.28. The number of benzene rings is 2. The Labute approximate surface area is 131 Å². The second kappa shape index (κ2) is 7.27. The molecule has 22 heavy (non-hydrogen) atoms. The maximum absolute atomic E-state index is 12.2. The Morgan fingerprint density at radius 3 is 2.55 bits per heavy atom. The number of carbonyl (C=O) groups excluding carboxylic acids is 1. The smallest absolute Gasteiger partial charge is 0.227 e. The minimum Gasteiger partial charge on any atom is -0.497 e. The average molecular weight is 301 g/mol. The van der Waals surface area contributed by atoms with Crippen LogP contribution in [0.1, 0.15) is 25.3 Å². The molecule has 0 spiro atoms. The van der Waals surface area contributed by atoms with E-state index >= 15 is 0 Å². The second-order valence-corrected chi connectivity index (χ2v) is 5.73. The highest BCUT2D eigenvalue weighted by Crippen LogP contribution is 2.25. The van der Waals surface area contributed by atoms with E-state index in [9.17, 15) is 4.79 Å². The first-order valence-corrected chi connectivity index (χ1v) is 7.51. The monoisotopic (exact) mass is 301 g/mol. The predicted octanol–water partition coefficient (Wildman–Crippen LogP) is 2.70. The van der Waals surface area contributed by atoms with E-state index in [1.54, 1.807) is 7.11 Å². The van der Waals surface area contributed by atoms with Crippen molar-refractivity contribution in [1.29, 1.82) is 0 Å². The van der Waals surface area contributed by atoms with Crippen LogP contribution in [0.3, 0.4) is 0 Å². The molecule has 0 aliphatic rings. The molecule has 0 fully saturated rings. The number of nitrogens with one attached hydrogen (secondary N) is 1. The van der Waals surface area contributed by atoms with Crippen molar-refractivity contribution in [3.63, 3.8) is 0 Å². The van der Waals surface area contributed by atoms with E-state index in [2.05, 4.69) is 5.32 Å². The average Bonchev–Trinajstić information content (AvgIpc) is 2.57. The zero-order valence-corrected chi connectivity index (χ0v) is 13.3. The molecule has 0 aromatic heterocycles. The number of rotatable bonds is 6. The third-order valence-corrected chi connectivity index (χ3v) is 3.90. The summed E-state index contributed by atoms with van der Waals surface area (Å²) in [5.74, 6) is 0.648. The van der Waals surface area contributed by atoms with Crippen LogP contribution in [0.2, 0.25) is 0 Å². The van der Waals surface area contributed by atoms with Crippen LogP contribution in [0.15, 0.2) is 36.4 Å². The third-order valence-electron chi connectivity index (χ3n) is 3.90. The third kappa shape index (κ3) is 3.77. The normalized spacial score (nSPS) is 13.6. The number of aliphatic hydroxyl groups excluding tert-OH is 1. The van der Waals surface area contributed by atoms with E-state index in [1.807, 2.05) is 50.2 Å². The highest BCUT2D eigenvalue weighted by Gasteiger charge is 2.16. The van der Waals surface area contributed by atoms with Crippen LogP contribution in [0.5, 0.6) is 5.75 Å². The van der Waals surface area contributed by atoms with Gasteiger partial charge in [0.05, 0.1) is 13.0 Å². The van der Waals surface area contributed by atoms with E-state index in [0.29, 0.717) is 6.54 Å². The van der Waals surface area contributed by atoms with Gasteiger partial charge in [0, 0.05) is 13.2 Å². The Kier molecular flexibility index (Phi) is 5.39. The Bertz CT molecular complexity index is 654. The van der Waals surface area contributed by atoms with Crippen LogP contribution in [0.4, 0.5) is 0 Å². The zero-order valence-electron chi connectivity index (χ0n) is 13.3. The summed E-state index contributed by atoms with van der Waals surface area (Å²) >= 11 is 0. The van der Waals surface area contributed by atoms with Crippen molar-refractivity contribution >= 4 is 16.7 Å². The van der Waals surface area contributed by atoms with Gasteiger partial charge in [-0.1, -0.05) is 31.2 Å². The standard InChI is InChI=1S/C18H23NO3/c1-12(11-20)10-19-18(21)13(2)14-4-5-16-9-17(22-3)7-6-15(16)8-14/h4-9,12-13,20H,10-11H2,1-3H3,(H,19,21)/t12?,13-/m0/s1. The second-order valence-electron chi connectivity index (χ2n) is 5.73. The molecule has 0 heterocycles. The topological polar surface area (TPSA) is 58.6 Å². The van der Waals surface area contributed by atoms with Crippen LogP contribution in [0.25, 0.3) is 10.8 Å². The van der Waals surface area contributed by atoms with Gasteiger partial charge >= 0.3 is 0 Å². The number of fused-ring (bicyclic) bond motifs is 1. The summed E-state index contributed by atoms with van der Waals surface area (Å²) in [7, 11) is 1.65. The van der Waals surface area contributed by atoms with E-state index < -0.39 is 0 Å². The van der Waals surface area contributed by atoms with Gasteiger partial charge in [-0.3, -0.25) is 4.79 Å². The molecule has 118 valence electrons. The lowest BCUT2D eigenvalue weighted by Gasteiger charge is -2.15. The van der Waals surface area contributed by atoms with Gasteiger partial charge in [0.2, 0.25) is 5.91 Å². The molecular formula is C18H23NO3. The lowest BCUT2D eigenvalue weighted by atomic mass is 9.97. The van der Waals surface area contributed by atoms with Crippen molar-refractivity contribution < 1.29 is 14.6 Å². The van der Waals surface area contributed by atoms with Crippen LogP contribution < -0.4 is 10.1 Å². The van der Waals surface area contributed by atoms with Crippen molar-refractivity contribution in [2.45, 2.75) is 19.8 Å². The molecule has 1 amide bonds. The summed E-state index contributed by atoms with van der Waals surface area (Å²) in [5, 5.41) is 14.1. The summed E-state index contributed by atoms with van der Waals surface area (Å²) in [6, 6.07) is 11.9. The molecule has 0 aliphatic carbocycles. The summed E-state index contributed by atoms with van der Waals surface area (Å²) in [6.07, 6.45) is 0. The van der Waals surface area contributed by atoms with Gasteiger partial charge in [0.25, 0.3) is 0 Å². The van der Waals surface area contributed by atoms with Gasteiger partial charge in [-0.2, -0.15) is 0 Å². The molecular weight excluding hydrogens is 278 g/mol. The molecule has 0 saturated heterocycles. The molecule has 2 N–H and O–H groups in total. The molecule has 0 bridgehead atoms. The van der Waals surface area contributed by atoms with Gasteiger partial charge in [-0.25, -0.2) is 0 Å². The van der Waals surface area contributed by atoms with Crippen molar-refractivity contribution in [3.05, 3.63) is 42.0 Å². The first-order chi connectivity index (χ1) is 10.5. The molecule has 2 rings (SSSR count). The Morgan fingerprint density at radius 2 is 1.86 bits per heavy atom. The maximum atomic E-state index is 12.2. The Hall–Kier alpha value is -2.07. The van der Waals surface area contributed by atoms with E-state index in [1.165, 1.54) is 0 Å². The van der Waals surface area contributed by atoms with Gasteiger partial charge in [-0.05, 0) is 41.3 Å². The van der Waals surface area contributed by atoms with Crippen LogP contribution in [-0.4, -0.2) is 31.3 Å². The number of ether oxygens (including phenoxy) is 1. The molecule has 0 aliphatic heterocycles. The molecule has 0 radical (unpaired) electrons. The Morgan fingerprint density at radius 1 is 1.18 bits per heavy atom. The molecule has 0 saturated carbocycles. The number of methoxy groups -OCH3 is 1. The minimum absolute atomic E-state index is 0.0202. The lowest BCUT2D eigenvalue weighted by molar-refractivity contribution is -0.122. The van der Waals surface area contributed by atoms with Gasteiger partial charge in [-0.15, -0.1) is 0 Å². The molecule has 4 heteroatoms. The van der Waals surface area contributed by atoms with E-state index in [4.69, 9.17) is 9.84 Å². The number of amides is 1. The Balaban J connectivity index is 2.14. The van der Waals surface area contributed by atoms with Gasteiger partial charge in [0.1, 0.15) is 5.75 Å². The number of hydrogen-bond donors (Lipinski definition) is 2. The fraction of sp³-hybridized carbons (Fsp3) is 0.389.